The van der Waals surface area contributed by atoms with E-state index >= 15 is 0 Å². The molecule has 0 fully saturated rings. The zero-order valence-corrected chi connectivity index (χ0v) is 9.19. The standard InChI is InChI=1S/C9H12F3NOS/c1-5(2)8-13-4-6(15-8)3-7(14)9(10,11)12/h4-5,7,14H,3H2,1-2H3. The summed E-state index contributed by atoms with van der Waals surface area (Å²) in [5.41, 5.74) is 0. The quantitative estimate of drug-likeness (QED) is 0.879. The van der Waals surface area contributed by atoms with Gasteiger partial charge in [-0.15, -0.1) is 11.3 Å². The minimum atomic E-state index is -4.55. The monoisotopic (exact) mass is 239 g/mol. The molecule has 0 saturated heterocycles. The average molecular weight is 239 g/mol. The third-order valence-electron chi connectivity index (χ3n) is 1.84. The summed E-state index contributed by atoms with van der Waals surface area (Å²) < 4.78 is 36.1. The Bertz CT molecular complexity index is 321. The number of hydrogen-bond donors (Lipinski definition) is 1. The number of aliphatic hydroxyl groups excluding tert-OH is 1. The van der Waals surface area contributed by atoms with E-state index in [0.29, 0.717) is 4.88 Å². The van der Waals surface area contributed by atoms with Gasteiger partial charge in [0.1, 0.15) is 0 Å². The van der Waals surface area contributed by atoms with E-state index in [0.717, 1.165) is 5.01 Å². The average Bonchev–Trinajstić information content (AvgIpc) is 2.50. The largest absolute Gasteiger partial charge is 0.414 e. The molecule has 2 nitrogen and oxygen atoms in total. The molecular weight excluding hydrogens is 227 g/mol. The Labute approximate surface area is 89.8 Å². The molecule has 6 heteroatoms. The zero-order chi connectivity index (χ0) is 11.6. The number of thiazole rings is 1. The van der Waals surface area contributed by atoms with Crippen LogP contribution < -0.4 is 0 Å². The Kier molecular flexibility index (Phi) is 3.72. The van der Waals surface area contributed by atoms with E-state index < -0.39 is 18.7 Å². The van der Waals surface area contributed by atoms with Gasteiger partial charge in [0.25, 0.3) is 0 Å². The number of nitrogens with zero attached hydrogens (tertiary/aromatic N) is 1. The van der Waals surface area contributed by atoms with Crippen LogP contribution in [-0.4, -0.2) is 22.4 Å². The van der Waals surface area contributed by atoms with Gasteiger partial charge in [-0.3, -0.25) is 0 Å². The lowest BCUT2D eigenvalue weighted by molar-refractivity contribution is -0.202. The van der Waals surface area contributed by atoms with Crippen molar-refractivity contribution in [1.82, 2.24) is 4.98 Å². The Morgan fingerprint density at radius 2 is 2.07 bits per heavy atom. The van der Waals surface area contributed by atoms with Crippen LogP contribution in [0.2, 0.25) is 0 Å². The number of halogens is 3. The lowest BCUT2D eigenvalue weighted by Gasteiger charge is -2.12. The van der Waals surface area contributed by atoms with E-state index in [1.54, 1.807) is 0 Å². The molecule has 0 radical (unpaired) electrons. The van der Waals surface area contributed by atoms with E-state index in [1.165, 1.54) is 17.5 Å². The Hall–Kier alpha value is -0.620. The van der Waals surface area contributed by atoms with Gasteiger partial charge in [0.2, 0.25) is 0 Å². The zero-order valence-electron chi connectivity index (χ0n) is 8.38. The highest BCUT2D eigenvalue weighted by Gasteiger charge is 2.38. The minimum absolute atomic E-state index is 0.201. The van der Waals surface area contributed by atoms with Crippen LogP contribution in [0.3, 0.4) is 0 Å². The van der Waals surface area contributed by atoms with Crippen molar-refractivity contribution in [2.45, 2.75) is 38.5 Å². The van der Waals surface area contributed by atoms with Crippen molar-refractivity contribution in [3.8, 4) is 0 Å². The Morgan fingerprint density at radius 3 is 2.47 bits per heavy atom. The van der Waals surface area contributed by atoms with Gasteiger partial charge in [-0.05, 0) is 0 Å². The van der Waals surface area contributed by atoms with Gasteiger partial charge in [-0.1, -0.05) is 13.8 Å². The molecule has 1 atom stereocenters. The molecule has 0 amide bonds. The molecule has 0 saturated carbocycles. The molecule has 1 unspecified atom stereocenters. The number of aliphatic hydroxyl groups is 1. The third-order valence-corrected chi connectivity index (χ3v) is 3.16. The van der Waals surface area contributed by atoms with Crippen LogP contribution in [0, 0.1) is 0 Å². The normalized spacial score (nSPS) is 14.6. The molecule has 0 aliphatic heterocycles. The van der Waals surface area contributed by atoms with E-state index in [1.807, 2.05) is 13.8 Å². The van der Waals surface area contributed by atoms with E-state index in [9.17, 15) is 13.2 Å². The maximum atomic E-state index is 12.0. The summed E-state index contributed by atoms with van der Waals surface area (Å²) in [5.74, 6) is 0.201. The topological polar surface area (TPSA) is 33.1 Å². The van der Waals surface area contributed by atoms with Gasteiger partial charge >= 0.3 is 6.18 Å². The van der Waals surface area contributed by atoms with Crippen LogP contribution in [0.25, 0.3) is 0 Å². The SMILES string of the molecule is CC(C)c1ncc(CC(O)C(F)(F)F)s1. The molecule has 0 aliphatic rings. The maximum Gasteiger partial charge on any atom is 0.414 e. The van der Waals surface area contributed by atoms with Crippen molar-refractivity contribution >= 4 is 11.3 Å². The Morgan fingerprint density at radius 1 is 1.47 bits per heavy atom. The van der Waals surface area contributed by atoms with Gasteiger partial charge in [-0.2, -0.15) is 13.2 Å². The van der Waals surface area contributed by atoms with Crippen LogP contribution in [-0.2, 0) is 6.42 Å². The van der Waals surface area contributed by atoms with E-state index in [-0.39, 0.29) is 5.92 Å². The number of hydrogen-bond acceptors (Lipinski definition) is 3. The van der Waals surface area contributed by atoms with Crippen molar-refractivity contribution in [2.24, 2.45) is 0 Å². The molecule has 15 heavy (non-hydrogen) atoms. The summed E-state index contributed by atoms with van der Waals surface area (Å²) in [6.45, 7) is 3.84. The highest BCUT2D eigenvalue weighted by molar-refractivity contribution is 7.11. The molecule has 1 aromatic heterocycles. The molecule has 1 heterocycles. The van der Waals surface area contributed by atoms with Crippen LogP contribution in [0.1, 0.15) is 29.7 Å². The summed E-state index contributed by atoms with van der Waals surface area (Å²) in [6.07, 6.45) is -5.86. The van der Waals surface area contributed by atoms with E-state index in [2.05, 4.69) is 4.98 Å². The second-order valence-corrected chi connectivity index (χ2v) is 4.73. The first kappa shape index (κ1) is 12.4. The van der Waals surface area contributed by atoms with Crippen LogP contribution in [0.5, 0.6) is 0 Å². The van der Waals surface area contributed by atoms with Crippen LogP contribution in [0.4, 0.5) is 13.2 Å². The van der Waals surface area contributed by atoms with Gasteiger partial charge in [0.15, 0.2) is 6.10 Å². The molecule has 1 rings (SSSR count). The summed E-state index contributed by atoms with van der Waals surface area (Å²) in [5, 5.41) is 9.63. The number of alkyl halides is 3. The second-order valence-electron chi connectivity index (χ2n) is 3.58. The molecule has 1 N–H and O–H groups in total. The third kappa shape index (κ3) is 3.46. The van der Waals surface area contributed by atoms with Crippen molar-refractivity contribution < 1.29 is 18.3 Å². The molecule has 0 bridgehead atoms. The fraction of sp³-hybridized carbons (Fsp3) is 0.667. The van der Waals surface area contributed by atoms with Gasteiger partial charge in [0.05, 0.1) is 5.01 Å². The fourth-order valence-electron chi connectivity index (χ4n) is 0.990. The molecule has 1 aromatic rings. The lowest BCUT2D eigenvalue weighted by atomic mass is 10.2. The van der Waals surface area contributed by atoms with Gasteiger partial charge in [-0.25, -0.2) is 4.98 Å². The fourth-order valence-corrected chi connectivity index (χ4v) is 1.95. The van der Waals surface area contributed by atoms with Crippen LogP contribution >= 0.6 is 11.3 Å². The highest BCUT2D eigenvalue weighted by Crippen LogP contribution is 2.27. The maximum absolute atomic E-state index is 12.0. The first-order chi connectivity index (χ1) is 6.80. The van der Waals surface area contributed by atoms with Gasteiger partial charge < -0.3 is 5.11 Å². The van der Waals surface area contributed by atoms with Crippen molar-refractivity contribution in [3.63, 3.8) is 0 Å². The first-order valence-corrected chi connectivity index (χ1v) is 5.31. The van der Waals surface area contributed by atoms with Crippen LogP contribution in [0.15, 0.2) is 6.20 Å². The van der Waals surface area contributed by atoms with E-state index in [4.69, 9.17) is 5.11 Å². The smallest absolute Gasteiger partial charge is 0.383 e. The molecule has 0 aromatic carbocycles. The molecule has 86 valence electrons. The number of rotatable bonds is 3. The minimum Gasteiger partial charge on any atom is -0.383 e. The summed E-state index contributed by atoms with van der Waals surface area (Å²) in [7, 11) is 0. The summed E-state index contributed by atoms with van der Waals surface area (Å²) in [4.78, 5) is 4.45. The van der Waals surface area contributed by atoms with Crippen molar-refractivity contribution in [2.75, 3.05) is 0 Å². The van der Waals surface area contributed by atoms with Gasteiger partial charge in [0, 0.05) is 23.4 Å². The molecular formula is C9H12F3NOS. The predicted molar refractivity (Wildman–Crippen MR) is 52.0 cm³/mol. The second kappa shape index (κ2) is 4.49. The summed E-state index contributed by atoms with van der Waals surface area (Å²) >= 11 is 1.21. The van der Waals surface area contributed by atoms with Crippen molar-refractivity contribution in [3.05, 3.63) is 16.1 Å². The lowest BCUT2D eigenvalue weighted by Crippen LogP contribution is -2.30. The first-order valence-electron chi connectivity index (χ1n) is 4.50. The number of aromatic nitrogens is 1. The Balaban J connectivity index is 2.65. The van der Waals surface area contributed by atoms with Crippen molar-refractivity contribution in [1.29, 1.82) is 0 Å². The predicted octanol–water partition coefficient (Wildman–Crippen LogP) is 2.73. The molecule has 0 aliphatic carbocycles. The summed E-state index contributed by atoms with van der Waals surface area (Å²) in [6, 6.07) is 0. The molecule has 0 spiro atoms. The highest BCUT2D eigenvalue weighted by atomic mass is 32.1.